The fourth-order valence-electron chi connectivity index (χ4n) is 3.91. The Kier molecular flexibility index (Phi) is 5.63. The smallest absolute Gasteiger partial charge is 0.300 e. The van der Waals surface area contributed by atoms with Gasteiger partial charge in [-0.05, 0) is 66.6 Å². The van der Waals surface area contributed by atoms with E-state index in [0.29, 0.717) is 33.1 Å². The van der Waals surface area contributed by atoms with E-state index in [2.05, 4.69) is 0 Å². The minimum absolute atomic E-state index is 0.0280. The van der Waals surface area contributed by atoms with Gasteiger partial charge in [-0.15, -0.1) is 0 Å². The van der Waals surface area contributed by atoms with E-state index in [1.165, 1.54) is 24.1 Å². The standard InChI is InChI=1S/C25H20ClNO5/c1-14-11-19(32-2)9-10-20(14)23(29)21-22(15-5-3-8-18(28)12-15)27(25(31)24(21)30)17-7-4-6-16(26)13-17/h3-13,22,28-29H,1-2H3/b23-21-. The summed E-state index contributed by atoms with van der Waals surface area (Å²) < 4.78 is 5.22. The normalized spacial score (nSPS) is 17.6. The molecule has 4 rings (SSSR count). The number of aromatic hydroxyl groups is 1. The molecule has 1 fully saturated rings. The van der Waals surface area contributed by atoms with Gasteiger partial charge in [-0.2, -0.15) is 0 Å². The summed E-state index contributed by atoms with van der Waals surface area (Å²) in [5.41, 5.74) is 1.87. The molecule has 3 aromatic rings. The van der Waals surface area contributed by atoms with Crippen molar-refractivity contribution in [3.63, 3.8) is 0 Å². The van der Waals surface area contributed by atoms with Gasteiger partial charge in [0, 0.05) is 16.3 Å². The first-order chi connectivity index (χ1) is 15.3. The Bertz CT molecular complexity index is 1270. The van der Waals surface area contributed by atoms with Gasteiger partial charge in [0.15, 0.2) is 0 Å². The molecule has 1 atom stereocenters. The Morgan fingerprint density at radius 1 is 1.03 bits per heavy atom. The molecule has 0 spiro atoms. The van der Waals surface area contributed by atoms with Gasteiger partial charge in [0.1, 0.15) is 17.3 Å². The molecule has 0 aromatic heterocycles. The van der Waals surface area contributed by atoms with Crippen LogP contribution in [0.5, 0.6) is 11.5 Å². The van der Waals surface area contributed by atoms with Crippen LogP contribution in [0.3, 0.4) is 0 Å². The van der Waals surface area contributed by atoms with E-state index in [-0.39, 0.29) is 17.1 Å². The zero-order valence-electron chi connectivity index (χ0n) is 17.4. The maximum atomic E-state index is 13.2. The topological polar surface area (TPSA) is 87.1 Å². The van der Waals surface area contributed by atoms with Crippen molar-refractivity contribution in [1.82, 2.24) is 0 Å². The molecular weight excluding hydrogens is 430 g/mol. The van der Waals surface area contributed by atoms with E-state index in [4.69, 9.17) is 16.3 Å². The van der Waals surface area contributed by atoms with Crippen molar-refractivity contribution in [2.45, 2.75) is 13.0 Å². The molecule has 0 saturated carbocycles. The van der Waals surface area contributed by atoms with Gasteiger partial charge in [-0.3, -0.25) is 14.5 Å². The van der Waals surface area contributed by atoms with Crippen molar-refractivity contribution in [2.75, 3.05) is 12.0 Å². The highest BCUT2D eigenvalue weighted by Gasteiger charge is 2.47. The number of rotatable bonds is 4. The van der Waals surface area contributed by atoms with Crippen LogP contribution in [-0.4, -0.2) is 29.0 Å². The lowest BCUT2D eigenvalue weighted by molar-refractivity contribution is -0.132. The lowest BCUT2D eigenvalue weighted by Crippen LogP contribution is -2.29. The third kappa shape index (κ3) is 3.69. The van der Waals surface area contributed by atoms with Crippen LogP contribution in [0.2, 0.25) is 5.02 Å². The highest BCUT2D eigenvalue weighted by Crippen LogP contribution is 2.43. The van der Waals surface area contributed by atoms with Gasteiger partial charge < -0.3 is 14.9 Å². The molecule has 0 bridgehead atoms. The van der Waals surface area contributed by atoms with Crippen molar-refractivity contribution < 1.29 is 24.5 Å². The van der Waals surface area contributed by atoms with Crippen LogP contribution in [0, 0.1) is 6.92 Å². The van der Waals surface area contributed by atoms with Crippen LogP contribution in [0.15, 0.2) is 72.3 Å². The van der Waals surface area contributed by atoms with Crippen molar-refractivity contribution in [1.29, 1.82) is 0 Å². The molecule has 1 heterocycles. The highest BCUT2D eigenvalue weighted by atomic mass is 35.5. The summed E-state index contributed by atoms with van der Waals surface area (Å²) in [4.78, 5) is 27.6. The molecule has 162 valence electrons. The van der Waals surface area contributed by atoms with Crippen LogP contribution in [0.4, 0.5) is 5.69 Å². The van der Waals surface area contributed by atoms with Gasteiger partial charge in [-0.25, -0.2) is 0 Å². The predicted octanol–water partition coefficient (Wildman–Crippen LogP) is 4.99. The maximum absolute atomic E-state index is 13.2. The number of phenolic OH excluding ortho intramolecular Hbond substituents is 1. The SMILES string of the molecule is COc1ccc(/C(O)=C2/C(=O)C(=O)N(c3cccc(Cl)c3)C2c2cccc(O)c2)c(C)c1. The van der Waals surface area contributed by atoms with Gasteiger partial charge in [-0.1, -0.05) is 29.8 Å². The van der Waals surface area contributed by atoms with Gasteiger partial charge >= 0.3 is 0 Å². The number of hydrogen-bond acceptors (Lipinski definition) is 5. The number of halogens is 1. The minimum atomic E-state index is -0.956. The number of benzene rings is 3. The first-order valence-electron chi connectivity index (χ1n) is 9.82. The summed E-state index contributed by atoms with van der Waals surface area (Å²) in [7, 11) is 1.53. The largest absolute Gasteiger partial charge is 0.508 e. The fourth-order valence-corrected chi connectivity index (χ4v) is 4.09. The number of aliphatic hydroxyl groups excluding tert-OH is 1. The van der Waals surface area contributed by atoms with Crippen molar-refractivity contribution >= 4 is 34.7 Å². The number of Topliss-reactive ketones (excluding diaryl/α,β-unsaturated/α-hetero) is 1. The molecule has 1 saturated heterocycles. The van der Waals surface area contributed by atoms with Crippen LogP contribution in [0.25, 0.3) is 5.76 Å². The molecule has 6 nitrogen and oxygen atoms in total. The average Bonchev–Trinajstić information content (AvgIpc) is 3.04. The third-order valence-corrected chi connectivity index (χ3v) is 5.64. The maximum Gasteiger partial charge on any atom is 0.300 e. The molecule has 1 amide bonds. The number of amides is 1. The molecule has 32 heavy (non-hydrogen) atoms. The zero-order valence-corrected chi connectivity index (χ0v) is 18.1. The number of carbonyl (C=O) groups is 2. The minimum Gasteiger partial charge on any atom is -0.508 e. The molecule has 1 aliphatic rings. The van der Waals surface area contributed by atoms with Crippen LogP contribution < -0.4 is 9.64 Å². The Hall–Kier alpha value is -3.77. The summed E-state index contributed by atoms with van der Waals surface area (Å²) in [6.07, 6.45) is 0. The molecule has 2 N–H and O–H groups in total. The highest BCUT2D eigenvalue weighted by molar-refractivity contribution is 6.51. The predicted molar refractivity (Wildman–Crippen MR) is 122 cm³/mol. The second kappa shape index (κ2) is 8.40. The molecule has 3 aromatic carbocycles. The summed E-state index contributed by atoms with van der Waals surface area (Å²) in [6.45, 7) is 1.77. The number of ketones is 1. The molecule has 0 radical (unpaired) electrons. The lowest BCUT2D eigenvalue weighted by Gasteiger charge is -2.25. The summed E-state index contributed by atoms with van der Waals surface area (Å²) in [5, 5.41) is 21.7. The number of anilines is 1. The first-order valence-corrected chi connectivity index (χ1v) is 10.2. The Morgan fingerprint density at radius 2 is 1.78 bits per heavy atom. The van der Waals surface area contributed by atoms with E-state index < -0.39 is 17.7 Å². The third-order valence-electron chi connectivity index (χ3n) is 5.41. The van der Waals surface area contributed by atoms with Gasteiger partial charge in [0.05, 0.1) is 18.7 Å². The van der Waals surface area contributed by atoms with E-state index in [9.17, 15) is 19.8 Å². The van der Waals surface area contributed by atoms with E-state index in [1.54, 1.807) is 61.5 Å². The number of hydrogen-bond donors (Lipinski definition) is 2. The van der Waals surface area contributed by atoms with E-state index in [1.807, 2.05) is 0 Å². The molecule has 7 heteroatoms. The molecule has 1 unspecified atom stereocenters. The number of aryl methyl sites for hydroxylation is 1. The Morgan fingerprint density at radius 3 is 2.44 bits per heavy atom. The summed E-state index contributed by atoms with van der Waals surface area (Å²) in [6, 6.07) is 16.9. The lowest BCUT2D eigenvalue weighted by atomic mass is 9.93. The summed E-state index contributed by atoms with van der Waals surface area (Å²) in [5.74, 6) is -1.36. The summed E-state index contributed by atoms with van der Waals surface area (Å²) >= 11 is 6.13. The number of nitrogens with zero attached hydrogens (tertiary/aromatic N) is 1. The van der Waals surface area contributed by atoms with E-state index in [0.717, 1.165) is 0 Å². The number of phenols is 1. The quantitative estimate of drug-likeness (QED) is 0.333. The average molecular weight is 450 g/mol. The van der Waals surface area contributed by atoms with Crippen LogP contribution in [0.1, 0.15) is 22.7 Å². The van der Waals surface area contributed by atoms with Crippen LogP contribution >= 0.6 is 11.6 Å². The van der Waals surface area contributed by atoms with Gasteiger partial charge in [0.2, 0.25) is 0 Å². The van der Waals surface area contributed by atoms with Crippen LogP contribution in [-0.2, 0) is 9.59 Å². The molecule has 1 aliphatic heterocycles. The molecule has 0 aliphatic carbocycles. The number of carbonyl (C=O) groups excluding carboxylic acids is 2. The monoisotopic (exact) mass is 449 g/mol. The van der Waals surface area contributed by atoms with Crippen molar-refractivity contribution in [3.05, 3.63) is 94.0 Å². The number of ether oxygens (including phenoxy) is 1. The second-order valence-corrected chi connectivity index (χ2v) is 7.86. The van der Waals surface area contributed by atoms with E-state index >= 15 is 0 Å². The van der Waals surface area contributed by atoms with Crippen molar-refractivity contribution in [3.8, 4) is 11.5 Å². The zero-order chi connectivity index (χ0) is 23.0. The van der Waals surface area contributed by atoms with Gasteiger partial charge in [0.25, 0.3) is 11.7 Å². The number of methoxy groups -OCH3 is 1. The Labute approximate surface area is 189 Å². The Balaban J connectivity index is 1.97. The second-order valence-electron chi connectivity index (χ2n) is 7.42. The fraction of sp³-hybridized carbons (Fsp3) is 0.120. The van der Waals surface area contributed by atoms with Crippen molar-refractivity contribution in [2.24, 2.45) is 0 Å². The molecular formula is C25H20ClNO5. The number of aliphatic hydroxyl groups is 1. The first kappa shape index (κ1) is 21.5.